The van der Waals surface area contributed by atoms with Gasteiger partial charge in [-0.25, -0.2) is 0 Å². The summed E-state index contributed by atoms with van der Waals surface area (Å²) in [6.45, 7) is 1.93. The Morgan fingerprint density at radius 2 is 1.89 bits per heavy atom. The number of methoxy groups -OCH3 is 1. The molecule has 0 bridgehead atoms. The van der Waals surface area contributed by atoms with Crippen molar-refractivity contribution in [3.05, 3.63) is 62.6 Å². The summed E-state index contributed by atoms with van der Waals surface area (Å²) in [5.74, 6) is 0.382. The van der Waals surface area contributed by atoms with Crippen LogP contribution in [0.5, 0.6) is 5.75 Å². The van der Waals surface area contributed by atoms with E-state index in [1.54, 1.807) is 24.3 Å². The summed E-state index contributed by atoms with van der Waals surface area (Å²) in [5, 5.41) is 0.451. The van der Waals surface area contributed by atoms with Crippen molar-refractivity contribution in [1.82, 2.24) is 0 Å². The fraction of sp³-hybridized carbons (Fsp3) is 0.133. The van der Waals surface area contributed by atoms with Gasteiger partial charge in [0.2, 0.25) is 0 Å². The quantitative estimate of drug-likeness (QED) is 0.761. The van der Waals surface area contributed by atoms with Crippen molar-refractivity contribution in [2.45, 2.75) is 6.92 Å². The molecular formula is C15H12BrClO2. The third kappa shape index (κ3) is 2.99. The third-order valence-electron chi connectivity index (χ3n) is 2.78. The molecule has 0 saturated heterocycles. The van der Waals surface area contributed by atoms with Crippen LogP contribution in [0.3, 0.4) is 0 Å². The first kappa shape index (κ1) is 14.1. The molecule has 0 fully saturated rings. The minimum Gasteiger partial charge on any atom is -0.496 e. The molecule has 0 radical (unpaired) electrons. The van der Waals surface area contributed by atoms with Crippen molar-refractivity contribution in [2.24, 2.45) is 0 Å². The molecule has 2 rings (SSSR count). The highest BCUT2D eigenvalue weighted by Crippen LogP contribution is 2.28. The zero-order valence-electron chi connectivity index (χ0n) is 10.5. The van der Waals surface area contributed by atoms with Gasteiger partial charge in [0, 0.05) is 10.0 Å². The molecule has 0 aliphatic heterocycles. The second-order valence-corrected chi connectivity index (χ2v) is 5.48. The van der Waals surface area contributed by atoms with E-state index in [4.69, 9.17) is 16.3 Å². The van der Waals surface area contributed by atoms with E-state index in [0.717, 1.165) is 10.0 Å². The van der Waals surface area contributed by atoms with Crippen LogP contribution in [0.25, 0.3) is 0 Å². The number of ether oxygens (including phenoxy) is 1. The number of halogens is 2. The molecule has 0 heterocycles. The number of carbonyl (C=O) groups is 1. The lowest BCUT2D eigenvalue weighted by molar-refractivity contribution is 0.103. The van der Waals surface area contributed by atoms with Crippen molar-refractivity contribution >= 4 is 33.3 Å². The van der Waals surface area contributed by atoms with Gasteiger partial charge in [0.05, 0.1) is 17.7 Å². The van der Waals surface area contributed by atoms with E-state index in [2.05, 4.69) is 15.9 Å². The number of carbonyl (C=O) groups excluding carboxylic acids is 1. The van der Waals surface area contributed by atoms with Crippen LogP contribution in [-0.4, -0.2) is 12.9 Å². The minimum absolute atomic E-state index is 0.150. The van der Waals surface area contributed by atoms with Gasteiger partial charge in [-0.15, -0.1) is 0 Å². The Hall–Kier alpha value is -1.32. The van der Waals surface area contributed by atoms with Gasteiger partial charge >= 0.3 is 0 Å². The third-order valence-corrected chi connectivity index (χ3v) is 3.58. The molecule has 0 amide bonds. The Morgan fingerprint density at radius 3 is 2.53 bits per heavy atom. The number of rotatable bonds is 3. The van der Waals surface area contributed by atoms with Crippen LogP contribution < -0.4 is 4.74 Å². The lowest BCUT2D eigenvalue weighted by Crippen LogP contribution is -2.05. The van der Waals surface area contributed by atoms with Crippen molar-refractivity contribution in [3.63, 3.8) is 0 Å². The molecule has 19 heavy (non-hydrogen) atoms. The summed E-state index contributed by atoms with van der Waals surface area (Å²) < 4.78 is 6.04. The van der Waals surface area contributed by atoms with E-state index in [1.807, 2.05) is 19.1 Å². The first-order chi connectivity index (χ1) is 9.02. The molecule has 0 aromatic heterocycles. The fourth-order valence-corrected chi connectivity index (χ4v) is 2.49. The van der Waals surface area contributed by atoms with Gasteiger partial charge in [0.1, 0.15) is 5.75 Å². The zero-order valence-corrected chi connectivity index (χ0v) is 12.9. The molecule has 0 saturated carbocycles. The Kier molecular flexibility index (Phi) is 4.27. The SMILES string of the molecule is COc1ccc(Br)cc1C(=O)c1ccc(C)cc1Cl. The highest BCUT2D eigenvalue weighted by molar-refractivity contribution is 9.10. The summed E-state index contributed by atoms with van der Waals surface area (Å²) in [6, 6.07) is 10.7. The summed E-state index contributed by atoms with van der Waals surface area (Å²) in [5.41, 5.74) is 1.98. The Labute approximate surface area is 125 Å². The number of ketones is 1. The smallest absolute Gasteiger partial charge is 0.198 e. The average Bonchev–Trinajstić information content (AvgIpc) is 2.38. The maximum absolute atomic E-state index is 12.5. The van der Waals surface area contributed by atoms with Gasteiger partial charge in [0.25, 0.3) is 0 Å². The Bertz CT molecular complexity index is 638. The highest BCUT2D eigenvalue weighted by Gasteiger charge is 2.17. The molecule has 0 aliphatic carbocycles. The van der Waals surface area contributed by atoms with Gasteiger partial charge in [0.15, 0.2) is 5.78 Å². The predicted molar refractivity (Wildman–Crippen MR) is 80.3 cm³/mol. The van der Waals surface area contributed by atoms with Crippen LogP contribution in [0.2, 0.25) is 5.02 Å². The highest BCUT2D eigenvalue weighted by atomic mass is 79.9. The van der Waals surface area contributed by atoms with E-state index in [9.17, 15) is 4.79 Å². The average molecular weight is 340 g/mol. The van der Waals surface area contributed by atoms with Crippen LogP contribution in [0.15, 0.2) is 40.9 Å². The molecule has 0 spiro atoms. The van der Waals surface area contributed by atoms with Crippen LogP contribution in [-0.2, 0) is 0 Å². The molecule has 2 aromatic rings. The molecule has 2 aromatic carbocycles. The van der Waals surface area contributed by atoms with Gasteiger partial charge in [-0.1, -0.05) is 33.6 Å². The number of hydrogen-bond donors (Lipinski definition) is 0. The standard InChI is InChI=1S/C15H12BrClO2/c1-9-3-5-11(13(17)7-9)15(18)12-8-10(16)4-6-14(12)19-2/h3-8H,1-2H3. The van der Waals surface area contributed by atoms with Crippen molar-refractivity contribution in [1.29, 1.82) is 0 Å². The van der Waals surface area contributed by atoms with E-state index < -0.39 is 0 Å². The number of benzene rings is 2. The van der Waals surface area contributed by atoms with E-state index in [0.29, 0.717) is 21.9 Å². The Morgan fingerprint density at radius 1 is 1.16 bits per heavy atom. The lowest BCUT2D eigenvalue weighted by Gasteiger charge is -2.09. The first-order valence-electron chi connectivity index (χ1n) is 5.67. The normalized spacial score (nSPS) is 10.3. The van der Waals surface area contributed by atoms with Crippen LogP contribution in [0, 0.1) is 6.92 Å². The monoisotopic (exact) mass is 338 g/mol. The second-order valence-electron chi connectivity index (χ2n) is 4.16. The molecule has 4 heteroatoms. The van der Waals surface area contributed by atoms with E-state index in [-0.39, 0.29) is 5.78 Å². The van der Waals surface area contributed by atoms with Crippen molar-refractivity contribution in [3.8, 4) is 5.75 Å². The maximum Gasteiger partial charge on any atom is 0.198 e. The van der Waals surface area contributed by atoms with Crippen LogP contribution >= 0.6 is 27.5 Å². The topological polar surface area (TPSA) is 26.3 Å². The number of hydrogen-bond acceptors (Lipinski definition) is 2. The van der Waals surface area contributed by atoms with Gasteiger partial charge in [-0.05, 0) is 42.8 Å². The summed E-state index contributed by atoms with van der Waals surface area (Å²) in [6.07, 6.45) is 0. The van der Waals surface area contributed by atoms with E-state index in [1.165, 1.54) is 7.11 Å². The predicted octanol–water partition coefficient (Wildman–Crippen LogP) is 4.65. The first-order valence-corrected chi connectivity index (χ1v) is 6.84. The fourth-order valence-electron chi connectivity index (χ4n) is 1.81. The second kappa shape index (κ2) is 5.76. The van der Waals surface area contributed by atoms with Crippen molar-refractivity contribution in [2.75, 3.05) is 7.11 Å². The molecular weight excluding hydrogens is 328 g/mol. The molecule has 2 nitrogen and oxygen atoms in total. The van der Waals surface area contributed by atoms with Crippen molar-refractivity contribution < 1.29 is 9.53 Å². The molecule has 0 N–H and O–H groups in total. The molecule has 0 atom stereocenters. The lowest BCUT2D eigenvalue weighted by atomic mass is 10.0. The molecule has 98 valence electrons. The van der Waals surface area contributed by atoms with Crippen LogP contribution in [0.1, 0.15) is 21.5 Å². The molecule has 0 unspecified atom stereocenters. The Balaban J connectivity index is 2.52. The minimum atomic E-state index is -0.150. The largest absolute Gasteiger partial charge is 0.496 e. The van der Waals surface area contributed by atoms with E-state index >= 15 is 0 Å². The van der Waals surface area contributed by atoms with Gasteiger partial charge in [-0.3, -0.25) is 4.79 Å². The van der Waals surface area contributed by atoms with Crippen LogP contribution in [0.4, 0.5) is 0 Å². The zero-order chi connectivity index (χ0) is 14.0. The summed E-state index contributed by atoms with van der Waals surface area (Å²) in [7, 11) is 1.54. The summed E-state index contributed by atoms with van der Waals surface area (Å²) >= 11 is 9.49. The molecule has 0 aliphatic rings. The summed E-state index contributed by atoms with van der Waals surface area (Å²) in [4.78, 5) is 12.5. The van der Waals surface area contributed by atoms with Gasteiger partial charge < -0.3 is 4.74 Å². The number of aryl methyl sites for hydroxylation is 1. The maximum atomic E-state index is 12.5. The van der Waals surface area contributed by atoms with Gasteiger partial charge in [-0.2, -0.15) is 0 Å².